The van der Waals surface area contributed by atoms with E-state index < -0.39 is 0 Å². The molecule has 1 fully saturated rings. The third-order valence-corrected chi connectivity index (χ3v) is 3.89. The lowest BCUT2D eigenvalue weighted by Gasteiger charge is -2.11. The van der Waals surface area contributed by atoms with Gasteiger partial charge >= 0.3 is 0 Å². The number of nitrogens with two attached hydrogens (primary N) is 1. The molecular weight excluding hydrogens is 306 g/mol. The Hall–Kier alpha value is -2.86. The molecule has 4 rings (SSSR count). The zero-order valence-electron chi connectivity index (χ0n) is 13.0. The molecule has 0 radical (unpaired) electrons. The van der Waals surface area contributed by atoms with Crippen molar-refractivity contribution in [1.82, 2.24) is 10.1 Å². The molecule has 1 aromatic heterocycles. The standard InChI is InChI=1S/C18H17N3O3/c19-14-5-1-13(2-6-14)18-20-17(21-24-18)12-3-7-15(8-4-12)23-16-9-10-22-11-16/h1-8,16H,9-11,19H2. The third kappa shape index (κ3) is 3.09. The average Bonchev–Trinajstić information content (AvgIpc) is 3.28. The molecular formula is C18H17N3O3. The van der Waals surface area contributed by atoms with Crippen molar-refractivity contribution in [3.8, 4) is 28.6 Å². The summed E-state index contributed by atoms with van der Waals surface area (Å²) in [5, 5.41) is 4.04. The Morgan fingerprint density at radius 1 is 1.00 bits per heavy atom. The number of nitrogens with zero attached hydrogens (tertiary/aromatic N) is 2. The lowest BCUT2D eigenvalue weighted by molar-refractivity contribution is 0.141. The molecule has 0 amide bonds. The van der Waals surface area contributed by atoms with Gasteiger partial charge in [0.1, 0.15) is 11.9 Å². The minimum Gasteiger partial charge on any atom is -0.488 e. The SMILES string of the molecule is Nc1ccc(-c2nc(-c3ccc(OC4CCOC4)cc3)no2)cc1. The molecule has 1 aliphatic heterocycles. The largest absolute Gasteiger partial charge is 0.488 e. The minimum absolute atomic E-state index is 0.137. The predicted molar refractivity (Wildman–Crippen MR) is 89.4 cm³/mol. The van der Waals surface area contributed by atoms with Gasteiger partial charge in [-0.1, -0.05) is 5.16 Å². The van der Waals surface area contributed by atoms with E-state index in [0.29, 0.717) is 24.0 Å². The van der Waals surface area contributed by atoms with Gasteiger partial charge in [0.15, 0.2) is 0 Å². The molecule has 1 unspecified atom stereocenters. The summed E-state index contributed by atoms with van der Waals surface area (Å²) in [6, 6.07) is 15.0. The summed E-state index contributed by atoms with van der Waals surface area (Å²) in [5.74, 6) is 1.82. The number of hydrogen-bond acceptors (Lipinski definition) is 6. The van der Waals surface area contributed by atoms with E-state index in [4.69, 9.17) is 19.7 Å². The minimum atomic E-state index is 0.137. The summed E-state index contributed by atoms with van der Waals surface area (Å²) in [7, 11) is 0. The second-order valence-electron chi connectivity index (χ2n) is 5.67. The predicted octanol–water partition coefficient (Wildman–Crippen LogP) is 3.15. The molecule has 0 bridgehead atoms. The molecule has 3 aromatic rings. The van der Waals surface area contributed by atoms with Crippen LogP contribution in [0.4, 0.5) is 5.69 Å². The van der Waals surface area contributed by atoms with Crippen LogP contribution in [-0.4, -0.2) is 29.5 Å². The molecule has 1 saturated heterocycles. The van der Waals surface area contributed by atoms with Crippen LogP contribution >= 0.6 is 0 Å². The van der Waals surface area contributed by atoms with Gasteiger partial charge in [-0.05, 0) is 48.5 Å². The van der Waals surface area contributed by atoms with E-state index >= 15 is 0 Å². The van der Waals surface area contributed by atoms with E-state index in [-0.39, 0.29) is 6.10 Å². The number of nitrogen functional groups attached to an aromatic ring is 1. The summed E-state index contributed by atoms with van der Waals surface area (Å²) in [4.78, 5) is 4.43. The zero-order valence-corrected chi connectivity index (χ0v) is 13.0. The van der Waals surface area contributed by atoms with Gasteiger partial charge in [-0.2, -0.15) is 4.98 Å². The number of hydrogen-bond donors (Lipinski definition) is 1. The smallest absolute Gasteiger partial charge is 0.258 e. The molecule has 0 spiro atoms. The van der Waals surface area contributed by atoms with Gasteiger partial charge in [0, 0.05) is 23.2 Å². The molecule has 6 nitrogen and oxygen atoms in total. The summed E-state index contributed by atoms with van der Waals surface area (Å²) in [6.07, 6.45) is 1.07. The average molecular weight is 323 g/mol. The number of rotatable bonds is 4. The van der Waals surface area contributed by atoms with Crippen LogP contribution in [0.25, 0.3) is 22.8 Å². The van der Waals surface area contributed by atoms with E-state index in [9.17, 15) is 0 Å². The van der Waals surface area contributed by atoms with Crippen LogP contribution in [-0.2, 0) is 4.74 Å². The van der Waals surface area contributed by atoms with Crippen molar-refractivity contribution < 1.29 is 14.0 Å². The van der Waals surface area contributed by atoms with E-state index in [1.54, 1.807) is 12.1 Å². The Balaban J connectivity index is 1.50. The van der Waals surface area contributed by atoms with Crippen LogP contribution < -0.4 is 10.5 Å². The topological polar surface area (TPSA) is 83.4 Å². The molecule has 2 heterocycles. The summed E-state index contributed by atoms with van der Waals surface area (Å²) in [5.41, 5.74) is 8.09. The number of anilines is 1. The van der Waals surface area contributed by atoms with Crippen molar-refractivity contribution in [1.29, 1.82) is 0 Å². The Labute approximate surface area is 139 Å². The van der Waals surface area contributed by atoms with Gasteiger partial charge in [0.05, 0.1) is 13.2 Å². The Morgan fingerprint density at radius 2 is 1.75 bits per heavy atom. The monoisotopic (exact) mass is 323 g/mol. The fourth-order valence-electron chi connectivity index (χ4n) is 2.56. The Bertz CT molecular complexity index is 806. The van der Waals surface area contributed by atoms with Gasteiger partial charge in [-0.3, -0.25) is 0 Å². The second-order valence-corrected chi connectivity index (χ2v) is 5.67. The van der Waals surface area contributed by atoms with Crippen molar-refractivity contribution in [3.05, 3.63) is 48.5 Å². The van der Waals surface area contributed by atoms with Gasteiger partial charge in [0.25, 0.3) is 5.89 Å². The van der Waals surface area contributed by atoms with Gasteiger partial charge in [0.2, 0.25) is 5.82 Å². The van der Waals surface area contributed by atoms with Crippen molar-refractivity contribution in [2.24, 2.45) is 0 Å². The highest BCUT2D eigenvalue weighted by molar-refractivity contribution is 5.61. The fraction of sp³-hybridized carbons (Fsp3) is 0.222. The highest BCUT2D eigenvalue weighted by Gasteiger charge is 2.17. The maximum absolute atomic E-state index is 5.85. The highest BCUT2D eigenvalue weighted by Crippen LogP contribution is 2.25. The first-order valence-electron chi connectivity index (χ1n) is 7.82. The van der Waals surface area contributed by atoms with Crippen LogP contribution in [0.2, 0.25) is 0 Å². The van der Waals surface area contributed by atoms with E-state index in [2.05, 4.69) is 10.1 Å². The quantitative estimate of drug-likeness (QED) is 0.743. The molecule has 24 heavy (non-hydrogen) atoms. The van der Waals surface area contributed by atoms with Crippen LogP contribution in [0.3, 0.4) is 0 Å². The fourth-order valence-corrected chi connectivity index (χ4v) is 2.56. The summed E-state index contributed by atoms with van der Waals surface area (Å²) in [6.45, 7) is 1.41. The number of aromatic nitrogens is 2. The summed E-state index contributed by atoms with van der Waals surface area (Å²) >= 11 is 0. The number of benzene rings is 2. The lowest BCUT2D eigenvalue weighted by Crippen LogP contribution is -2.15. The number of ether oxygens (including phenoxy) is 2. The second kappa shape index (κ2) is 6.33. The van der Waals surface area contributed by atoms with Crippen molar-refractivity contribution >= 4 is 5.69 Å². The Kier molecular flexibility index (Phi) is 3.88. The molecule has 1 aliphatic rings. The van der Waals surface area contributed by atoms with Gasteiger partial charge in [-0.15, -0.1) is 0 Å². The van der Waals surface area contributed by atoms with Crippen molar-refractivity contribution in [2.45, 2.75) is 12.5 Å². The molecule has 6 heteroatoms. The van der Waals surface area contributed by atoms with Gasteiger partial charge in [-0.25, -0.2) is 0 Å². The van der Waals surface area contributed by atoms with E-state index in [1.165, 1.54) is 0 Å². The molecule has 0 saturated carbocycles. The molecule has 2 N–H and O–H groups in total. The normalized spacial score (nSPS) is 17.1. The van der Waals surface area contributed by atoms with E-state index in [1.807, 2.05) is 36.4 Å². The van der Waals surface area contributed by atoms with Crippen molar-refractivity contribution in [3.63, 3.8) is 0 Å². The zero-order chi connectivity index (χ0) is 16.4. The van der Waals surface area contributed by atoms with Crippen LogP contribution in [0, 0.1) is 0 Å². The van der Waals surface area contributed by atoms with Crippen LogP contribution in [0.1, 0.15) is 6.42 Å². The highest BCUT2D eigenvalue weighted by atomic mass is 16.5. The third-order valence-electron chi connectivity index (χ3n) is 3.89. The maximum atomic E-state index is 5.85. The molecule has 2 aromatic carbocycles. The van der Waals surface area contributed by atoms with Crippen LogP contribution in [0.5, 0.6) is 5.75 Å². The van der Waals surface area contributed by atoms with Gasteiger partial charge < -0.3 is 19.7 Å². The van der Waals surface area contributed by atoms with Crippen molar-refractivity contribution in [2.75, 3.05) is 18.9 Å². The summed E-state index contributed by atoms with van der Waals surface area (Å²) < 4.78 is 16.5. The Morgan fingerprint density at radius 3 is 2.46 bits per heavy atom. The maximum Gasteiger partial charge on any atom is 0.258 e. The van der Waals surface area contributed by atoms with Crippen LogP contribution in [0.15, 0.2) is 53.1 Å². The molecule has 0 aliphatic carbocycles. The molecule has 1 atom stereocenters. The first kappa shape index (κ1) is 14.7. The first-order chi connectivity index (χ1) is 11.8. The van der Waals surface area contributed by atoms with E-state index in [0.717, 1.165) is 29.9 Å². The first-order valence-corrected chi connectivity index (χ1v) is 7.82. The lowest BCUT2D eigenvalue weighted by atomic mass is 10.2. The molecule has 122 valence electrons.